The third kappa shape index (κ3) is 4.21. The first-order chi connectivity index (χ1) is 9.25. The molecule has 3 heteroatoms. The Bertz CT molecular complexity index is 511. The summed E-state index contributed by atoms with van der Waals surface area (Å²) in [5.41, 5.74) is 2.06. The molecule has 0 unspecified atom stereocenters. The third-order valence-corrected chi connectivity index (χ3v) is 2.92. The molecular formula is C16H17NO2. The number of aryl methyl sites for hydroxylation is 1. The second-order valence-electron chi connectivity index (χ2n) is 4.40. The fourth-order valence-corrected chi connectivity index (χ4v) is 1.84. The first kappa shape index (κ1) is 13.3. The van der Waals surface area contributed by atoms with Crippen molar-refractivity contribution in [2.75, 3.05) is 0 Å². The summed E-state index contributed by atoms with van der Waals surface area (Å²) in [6, 6.07) is 13.6. The summed E-state index contributed by atoms with van der Waals surface area (Å²) in [4.78, 5) is 15.8. The number of carbonyl (C=O) groups is 1. The maximum absolute atomic E-state index is 11.8. The van der Waals surface area contributed by atoms with Crippen molar-refractivity contribution in [1.82, 2.24) is 4.98 Å². The van der Waals surface area contributed by atoms with Gasteiger partial charge in [-0.05, 0) is 30.5 Å². The lowest BCUT2D eigenvalue weighted by Gasteiger charge is -2.13. The highest BCUT2D eigenvalue weighted by Crippen LogP contribution is 2.17. The molecule has 0 spiro atoms. The van der Waals surface area contributed by atoms with E-state index in [1.807, 2.05) is 49.4 Å². The SMILES string of the molecule is C[C@H](OC(=O)CCc1cccnc1)c1ccccc1. The van der Waals surface area contributed by atoms with E-state index >= 15 is 0 Å². The van der Waals surface area contributed by atoms with E-state index in [0.29, 0.717) is 12.8 Å². The highest BCUT2D eigenvalue weighted by atomic mass is 16.5. The van der Waals surface area contributed by atoms with Gasteiger partial charge < -0.3 is 4.74 Å². The second-order valence-corrected chi connectivity index (χ2v) is 4.40. The van der Waals surface area contributed by atoms with Gasteiger partial charge in [0.25, 0.3) is 0 Å². The maximum Gasteiger partial charge on any atom is 0.306 e. The van der Waals surface area contributed by atoms with Crippen LogP contribution in [0.2, 0.25) is 0 Å². The average molecular weight is 255 g/mol. The highest BCUT2D eigenvalue weighted by molar-refractivity contribution is 5.70. The van der Waals surface area contributed by atoms with E-state index in [-0.39, 0.29) is 12.1 Å². The van der Waals surface area contributed by atoms with E-state index in [1.165, 1.54) is 0 Å². The van der Waals surface area contributed by atoms with Crippen LogP contribution in [0.15, 0.2) is 54.9 Å². The molecule has 2 aromatic rings. The first-order valence-electron chi connectivity index (χ1n) is 6.39. The molecule has 0 aliphatic carbocycles. The van der Waals surface area contributed by atoms with Gasteiger partial charge in [-0.25, -0.2) is 0 Å². The monoisotopic (exact) mass is 255 g/mol. The van der Waals surface area contributed by atoms with Crippen molar-refractivity contribution in [2.45, 2.75) is 25.9 Å². The number of ether oxygens (including phenoxy) is 1. The molecule has 1 aromatic heterocycles. The Morgan fingerprint density at radius 1 is 1.21 bits per heavy atom. The molecule has 1 aromatic carbocycles. The van der Waals surface area contributed by atoms with E-state index in [4.69, 9.17) is 4.74 Å². The average Bonchev–Trinajstić information content (AvgIpc) is 2.47. The van der Waals surface area contributed by atoms with Gasteiger partial charge in [-0.3, -0.25) is 9.78 Å². The molecule has 0 fully saturated rings. The van der Waals surface area contributed by atoms with Crippen LogP contribution < -0.4 is 0 Å². The standard InChI is InChI=1S/C16H17NO2/c1-13(15-7-3-2-4-8-15)19-16(18)10-9-14-6-5-11-17-12-14/h2-8,11-13H,9-10H2,1H3/t13-/m0/s1. The number of carbonyl (C=O) groups excluding carboxylic acids is 1. The molecule has 0 N–H and O–H groups in total. The van der Waals surface area contributed by atoms with E-state index < -0.39 is 0 Å². The van der Waals surface area contributed by atoms with E-state index in [1.54, 1.807) is 12.4 Å². The van der Waals surface area contributed by atoms with Crippen molar-refractivity contribution in [1.29, 1.82) is 0 Å². The molecule has 19 heavy (non-hydrogen) atoms. The topological polar surface area (TPSA) is 39.2 Å². The molecule has 2 rings (SSSR count). The van der Waals surface area contributed by atoms with Crippen molar-refractivity contribution in [3.05, 3.63) is 66.0 Å². The van der Waals surface area contributed by atoms with E-state index in [2.05, 4.69) is 4.98 Å². The molecule has 0 aliphatic heterocycles. The summed E-state index contributed by atoms with van der Waals surface area (Å²) in [6.07, 6.45) is 4.33. The van der Waals surface area contributed by atoms with E-state index in [9.17, 15) is 4.79 Å². The minimum Gasteiger partial charge on any atom is -0.458 e. The predicted octanol–water partition coefficient (Wildman–Crippen LogP) is 3.32. The molecule has 3 nitrogen and oxygen atoms in total. The predicted molar refractivity (Wildman–Crippen MR) is 73.5 cm³/mol. The van der Waals surface area contributed by atoms with E-state index in [0.717, 1.165) is 11.1 Å². The lowest BCUT2D eigenvalue weighted by atomic mass is 10.1. The van der Waals surface area contributed by atoms with Gasteiger partial charge in [0.05, 0.1) is 0 Å². The highest BCUT2D eigenvalue weighted by Gasteiger charge is 2.11. The molecular weight excluding hydrogens is 238 g/mol. The number of esters is 1. The van der Waals surface area contributed by atoms with Gasteiger partial charge in [0.2, 0.25) is 0 Å². The molecule has 0 saturated carbocycles. The van der Waals surface area contributed by atoms with Crippen LogP contribution in [0.1, 0.15) is 30.6 Å². The Labute approximate surface area is 113 Å². The summed E-state index contributed by atoms with van der Waals surface area (Å²) in [6.45, 7) is 1.89. The Morgan fingerprint density at radius 2 is 2.00 bits per heavy atom. The van der Waals surface area contributed by atoms with Crippen LogP contribution in [0.3, 0.4) is 0 Å². The van der Waals surface area contributed by atoms with Crippen molar-refractivity contribution in [2.24, 2.45) is 0 Å². The third-order valence-electron chi connectivity index (χ3n) is 2.92. The van der Waals surface area contributed by atoms with Crippen LogP contribution in [-0.2, 0) is 16.0 Å². The van der Waals surface area contributed by atoms with Crippen LogP contribution in [0.4, 0.5) is 0 Å². The Balaban J connectivity index is 1.82. The molecule has 0 saturated heterocycles. The van der Waals surface area contributed by atoms with Crippen LogP contribution in [0.5, 0.6) is 0 Å². The quantitative estimate of drug-likeness (QED) is 0.769. The Morgan fingerprint density at radius 3 is 2.68 bits per heavy atom. The molecule has 0 amide bonds. The second kappa shape index (κ2) is 6.69. The molecule has 0 radical (unpaired) electrons. The fourth-order valence-electron chi connectivity index (χ4n) is 1.84. The zero-order valence-electron chi connectivity index (χ0n) is 11.0. The van der Waals surface area contributed by atoms with Crippen molar-refractivity contribution in [3.63, 3.8) is 0 Å². The Kier molecular flexibility index (Phi) is 4.67. The van der Waals surface area contributed by atoms with Crippen molar-refractivity contribution in [3.8, 4) is 0 Å². The first-order valence-corrected chi connectivity index (χ1v) is 6.39. The van der Waals surface area contributed by atoms with Crippen LogP contribution in [-0.4, -0.2) is 11.0 Å². The molecule has 1 atom stereocenters. The molecule has 98 valence electrons. The van der Waals surface area contributed by atoms with Gasteiger partial charge in [0.1, 0.15) is 6.10 Å². The number of hydrogen-bond acceptors (Lipinski definition) is 3. The number of nitrogens with zero attached hydrogens (tertiary/aromatic N) is 1. The molecule has 0 bridgehead atoms. The lowest BCUT2D eigenvalue weighted by Crippen LogP contribution is -2.09. The molecule has 0 aliphatic rings. The van der Waals surface area contributed by atoms with Crippen molar-refractivity contribution < 1.29 is 9.53 Å². The van der Waals surface area contributed by atoms with Gasteiger partial charge in [-0.2, -0.15) is 0 Å². The summed E-state index contributed by atoms with van der Waals surface area (Å²) < 4.78 is 5.40. The summed E-state index contributed by atoms with van der Waals surface area (Å²) >= 11 is 0. The number of aromatic nitrogens is 1. The van der Waals surface area contributed by atoms with Crippen LogP contribution in [0.25, 0.3) is 0 Å². The van der Waals surface area contributed by atoms with Gasteiger partial charge in [-0.1, -0.05) is 36.4 Å². The maximum atomic E-state index is 11.8. The van der Waals surface area contributed by atoms with Gasteiger partial charge in [0.15, 0.2) is 0 Å². The zero-order chi connectivity index (χ0) is 13.5. The fraction of sp³-hybridized carbons (Fsp3) is 0.250. The number of benzene rings is 1. The summed E-state index contributed by atoms with van der Waals surface area (Å²) in [5, 5.41) is 0. The summed E-state index contributed by atoms with van der Waals surface area (Å²) in [5.74, 6) is -0.180. The zero-order valence-corrected chi connectivity index (χ0v) is 11.0. The Hall–Kier alpha value is -2.16. The van der Waals surface area contributed by atoms with Crippen molar-refractivity contribution >= 4 is 5.97 Å². The smallest absolute Gasteiger partial charge is 0.306 e. The minimum atomic E-state index is -0.206. The number of rotatable bonds is 5. The number of pyridine rings is 1. The van der Waals surface area contributed by atoms with Crippen LogP contribution >= 0.6 is 0 Å². The van der Waals surface area contributed by atoms with Crippen LogP contribution in [0, 0.1) is 0 Å². The normalized spacial score (nSPS) is 11.8. The van der Waals surface area contributed by atoms with Gasteiger partial charge in [-0.15, -0.1) is 0 Å². The largest absolute Gasteiger partial charge is 0.458 e. The van der Waals surface area contributed by atoms with Gasteiger partial charge in [0, 0.05) is 18.8 Å². The van der Waals surface area contributed by atoms with Gasteiger partial charge >= 0.3 is 5.97 Å². The summed E-state index contributed by atoms with van der Waals surface area (Å²) in [7, 11) is 0. The minimum absolute atomic E-state index is 0.180. The molecule has 1 heterocycles. The lowest BCUT2D eigenvalue weighted by molar-refractivity contribution is -0.148. The number of hydrogen-bond donors (Lipinski definition) is 0.